The van der Waals surface area contributed by atoms with Crippen LogP contribution >= 0.6 is 0 Å². The lowest BCUT2D eigenvalue weighted by Crippen LogP contribution is -2.41. The first kappa shape index (κ1) is 13.4. The first-order chi connectivity index (χ1) is 8.33. The molecule has 2 unspecified atom stereocenters. The minimum Gasteiger partial charge on any atom is -0.314 e. The van der Waals surface area contributed by atoms with Crippen LogP contribution in [0, 0.1) is 5.92 Å². The van der Waals surface area contributed by atoms with E-state index in [0.29, 0.717) is 0 Å². The predicted molar refractivity (Wildman–Crippen MR) is 74.3 cm³/mol. The number of hydrogen-bond donors (Lipinski definition) is 1. The molecule has 2 nitrogen and oxygen atoms in total. The average molecular weight is 238 g/mol. The lowest BCUT2D eigenvalue weighted by atomic mass is 9.91. The molecule has 0 amide bonds. The van der Waals surface area contributed by atoms with Crippen LogP contribution in [-0.2, 0) is 0 Å². The van der Waals surface area contributed by atoms with E-state index in [4.69, 9.17) is 0 Å². The molecule has 0 spiro atoms. The van der Waals surface area contributed by atoms with Crippen molar-refractivity contribution in [1.29, 1.82) is 0 Å². The van der Waals surface area contributed by atoms with Gasteiger partial charge in [-0.15, -0.1) is 0 Å². The quantitative estimate of drug-likeness (QED) is 0.792. The number of nitrogens with one attached hydrogen (secondary N) is 1. The van der Waals surface area contributed by atoms with Gasteiger partial charge in [0, 0.05) is 12.1 Å². The summed E-state index contributed by atoms with van der Waals surface area (Å²) in [5.74, 6) is 1.03. The molecule has 1 N–H and O–H groups in total. The maximum absolute atomic E-state index is 3.62. The van der Waals surface area contributed by atoms with Crippen molar-refractivity contribution in [2.45, 2.75) is 70.9 Å². The van der Waals surface area contributed by atoms with Crippen LogP contribution in [0.5, 0.6) is 0 Å². The van der Waals surface area contributed by atoms with Crippen molar-refractivity contribution in [3.63, 3.8) is 0 Å². The zero-order valence-corrected chi connectivity index (χ0v) is 11.8. The molecular weight excluding hydrogens is 208 g/mol. The van der Waals surface area contributed by atoms with Crippen LogP contribution in [0.4, 0.5) is 0 Å². The van der Waals surface area contributed by atoms with E-state index in [1.165, 1.54) is 58.0 Å². The molecule has 0 aromatic rings. The molecule has 0 bridgehead atoms. The second kappa shape index (κ2) is 6.75. The summed E-state index contributed by atoms with van der Waals surface area (Å²) in [6, 6.07) is 1.69. The lowest BCUT2D eigenvalue weighted by Gasteiger charge is -2.36. The molecule has 2 heteroatoms. The SMILES string of the molecule is CCCC1CCN(C2CCC(NCC)C2)CC1. The van der Waals surface area contributed by atoms with Gasteiger partial charge in [0.1, 0.15) is 0 Å². The molecule has 1 aliphatic carbocycles. The number of rotatable bonds is 5. The highest BCUT2D eigenvalue weighted by Gasteiger charge is 2.30. The summed E-state index contributed by atoms with van der Waals surface area (Å²) < 4.78 is 0. The molecule has 1 saturated carbocycles. The van der Waals surface area contributed by atoms with E-state index in [9.17, 15) is 0 Å². The van der Waals surface area contributed by atoms with Crippen LogP contribution in [-0.4, -0.2) is 36.6 Å². The molecular formula is C15H30N2. The molecule has 1 heterocycles. The first-order valence-electron chi connectivity index (χ1n) is 7.80. The van der Waals surface area contributed by atoms with Gasteiger partial charge < -0.3 is 10.2 Å². The number of hydrogen-bond acceptors (Lipinski definition) is 2. The lowest BCUT2D eigenvalue weighted by molar-refractivity contribution is 0.129. The van der Waals surface area contributed by atoms with Crippen LogP contribution < -0.4 is 5.32 Å². The van der Waals surface area contributed by atoms with E-state index in [2.05, 4.69) is 24.1 Å². The van der Waals surface area contributed by atoms with Gasteiger partial charge in [-0.05, 0) is 57.7 Å². The highest BCUT2D eigenvalue weighted by atomic mass is 15.2. The van der Waals surface area contributed by atoms with Gasteiger partial charge >= 0.3 is 0 Å². The van der Waals surface area contributed by atoms with Gasteiger partial charge in [0.2, 0.25) is 0 Å². The van der Waals surface area contributed by atoms with Gasteiger partial charge in [-0.25, -0.2) is 0 Å². The van der Waals surface area contributed by atoms with Crippen molar-refractivity contribution in [3.05, 3.63) is 0 Å². The maximum atomic E-state index is 3.62. The summed E-state index contributed by atoms with van der Waals surface area (Å²) >= 11 is 0. The zero-order chi connectivity index (χ0) is 12.1. The fourth-order valence-corrected chi connectivity index (χ4v) is 3.78. The Morgan fingerprint density at radius 1 is 1.06 bits per heavy atom. The third-order valence-corrected chi connectivity index (χ3v) is 4.76. The van der Waals surface area contributed by atoms with Crippen LogP contribution in [0.3, 0.4) is 0 Å². The summed E-state index contributed by atoms with van der Waals surface area (Å²) in [5.41, 5.74) is 0. The van der Waals surface area contributed by atoms with E-state index < -0.39 is 0 Å². The monoisotopic (exact) mass is 238 g/mol. The molecule has 0 radical (unpaired) electrons. The van der Waals surface area contributed by atoms with Crippen LogP contribution in [0.2, 0.25) is 0 Å². The van der Waals surface area contributed by atoms with E-state index in [-0.39, 0.29) is 0 Å². The van der Waals surface area contributed by atoms with E-state index in [1.807, 2.05) is 0 Å². The van der Waals surface area contributed by atoms with Gasteiger partial charge in [0.05, 0.1) is 0 Å². The van der Waals surface area contributed by atoms with Crippen molar-refractivity contribution in [2.75, 3.05) is 19.6 Å². The molecule has 1 aliphatic heterocycles. The second-order valence-corrected chi connectivity index (χ2v) is 5.99. The van der Waals surface area contributed by atoms with Crippen LogP contribution in [0.25, 0.3) is 0 Å². The van der Waals surface area contributed by atoms with Crippen molar-refractivity contribution in [2.24, 2.45) is 5.92 Å². The number of nitrogens with zero attached hydrogens (tertiary/aromatic N) is 1. The molecule has 2 fully saturated rings. The van der Waals surface area contributed by atoms with Crippen LogP contribution in [0.15, 0.2) is 0 Å². The summed E-state index contributed by atoms with van der Waals surface area (Å²) in [5, 5.41) is 3.62. The Morgan fingerprint density at radius 3 is 2.47 bits per heavy atom. The van der Waals surface area contributed by atoms with Gasteiger partial charge in [-0.2, -0.15) is 0 Å². The minimum atomic E-state index is 0.804. The van der Waals surface area contributed by atoms with Crippen molar-refractivity contribution < 1.29 is 0 Å². The van der Waals surface area contributed by atoms with Gasteiger partial charge in [-0.1, -0.05) is 26.7 Å². The minimum absolute atomic E-state index is 0.804. The Labute approximate surface area is 107 Å². The molecule has 1 saturated heterocycles. The fraction of sp³-hybridized carbons (Fsp3) is 1.00. The second-order valence-electron chi connectivity index (χ2n) is 5.99. The first-order valence-corrected chi connectivity index (χ1v) is 7.80. The highest BCUT2D eigenvalue weighted by Crippen LogP contribution is 2.29. The standard InChI is InChI=1S/C15H30N2/c1-3-5-13-8-10-17(11-9-13)15-7-6-14(12-15)16-4-2/h13-16H,3-12H2,1-2H3. The largest absolute Gasteiger partial charge is 0.314 e. The Morgan fingerprint density at radius 2 is 1.82 bits per heavy atom. The Bertz CT molecular complexity index is 209. The number of piperidine rings is 1. The van der Waals surface area contributed by atoms with Crippen molar-refractivity contribution in [3.8, 4) is 0 Å². The normalized spacial score (nSPS) is 32.1. The van der Waals surface area contributed by atoms with Crippen molar-refractivity contribution in [1.82, 2.24) is 10.2 Å². The van der Waals surface area contributed by atoms with Gasteiger partial charge in [-0.3, -0.25) is 0 Å². The smallest absolute Gasteiger partial charge is 0.0111 e. The third kappa shape index (κ3) is 3.69. The summed E-state index contributed by atoms with van der Waals surface area (Å²) in [6.07, 6.45) is 9.96. The Kier molecular flexibility index (Phi) is 5.30. The van der Waals surface area contributed by atoms with Gasteiger partial charge in [0.15, 0.2) is 0 Å². The molecule has 2 rings (SSSR count). The summed E-state index contributed by atoms with van der Waals surface area (Å²) in [6.45, 7) is 8.42. The zero-order valence-electron chi connectivity index (χ0n) is 11.8. The molecule has 17 heavy (non-hydrogen) atoms. The highest BCUT2D eigenvalue weighted by molar-refractivity contribution is 4.88. The summed E-state index contributed by atoms with van der Waals surface area (Å²) in [4.78, 5) is 2.78. The summed E-state index contributed by atoms with van der Waals surface area (Å²) in [7, 11) is 0. The molecule has 0 aromatic heterocycles. The molecule has 100 valence electrons. The predicted octanol–water partition coefficient (Wildman–Crippen LogP) is 3.03. The Balaban J connectivity index is 1.70. The fourth-order valence-electron chi connectivity index (χ4n) is 3.78. The average Bonchev–Trinajstić information content (AvgIpc) is 2.80. The third-order valence-electron chi connectivity index (χ3n) is 4.76. The molecule has 2 atom stereocenters. The van der Waals surface area contributed by atoms with E-state index in [1.54, 1.807) is 0 Å². The van der Waals surface area contributed by atoms with Gasteiger partial charge in [0.25, 0.3) is 0 Å². The van der Waals surface area contributed by atoms with E-state index in [0.717, 1.165) is 24.5 Å². The van der Waals surface area contributed by atoms with E-state index >= 15 is 0 Å². The topological polar surface area (TPSA) is 15.3 Å². The van der Waals surface area contributed by atoms with Crippen molar-refractivity contribution >= 4 is 0 Å². The molecule has 0 aromatic carbocycles. The Hall–Kier alpha value is -0.0800. The molecule has 2 aliphatic rings. The maximum Gasteiger partial charge on any atom is 0.0111 e. The van der Waals surface area contributed by atoms with Crippen LogP contribution in [0.1, 0.15) is 58.8 Å². The number of likely N-dealkylation sites (tertiary alicyclic amines) is 1.